The van der Waals surface area contributed by atoms with Gasteiger partial charge in [0.1, 0.15) is 0 Å². The summed E-state index contributed by atoms with van der Waals surface area (Å²) >= 11 is 0. The van der Waals surface area contributed by atoms with Crippen LogP contribution in [0.1, 0.15) is 89.5 Å². The Hall–Kier alpha value is -1.40. The van der Waals surface area contributed by atoms with Crippen LogP contribution in [0, 0.1) is 0 Å². The Kier molecular flexibility index (Phi) is 12.0. The van der Waals surface area contributed by atoms with Crippen molar-refractivity contribution in [2.45, 2.75) is 95.4 Å². The lowest BCUT2D eigenvalue weighted by Gasteiger charge is -2.06. The minimum Gasteiger partial charge on any atom is -0.352 e. The third-order valence-corrected chi connectivity index (χ3v) is 5.59. The Bertz CT molecular complexity index is 626. The number of nitrogens with one attached hydrogen (secondary N) is 1. The number of hydrogen-bond donors (Lipinski definition) is 2. The summed E-state index contributed by atoms with van der Waals surface area (Å²) in [6.07, 6.45) is 14.4. The molecule has 1 amide bonds. The van der Waals surface area contributed by atoms with Crippen molar-refractivity contribution in [3.8, 4) is 0 Å². The minimum atomic E-state index is -4.17. The van der Waals surface area contributed by atoms with Crippen molar-refractivity contribution in [1.29, 1.82) is 0 Å². The second-order valence-corrected chi connectivity index (χ2v) is 8.60. The Morgan fingerprint density at radius 1 is 0.852 bits per heavy atom. The molecule has 0 bridgehead atoms. The van der Waals surface area contributed by atoms with E-state index in [0.717, 1.165) is 18.4 Å². The van der Waals surface area contributed by atoms with Gasteiger partial charge in [-0.25, -0.2) is 0 Å². The van der Waals surface area contributed by atoms with E-state index in [-0.39, 0.29) is 10.8 Å². The highest BCUT2D eigenvalue weighted by Gasteiger charge is 2.08. The Labute approximate surface area is 164 Å². The molecule has 154 valence electrons. The third kappa shape index (κ3) is 11.8. The quantitative estimate of drug-likeness (QED) is 0.313. The molecule has 0 aliphatic heterocycles. The summed E-state index contributed by atoms with van der Waals surface area (Å²) in [5.41, 5.74) is 0.801. The molecule has 0 unspecified atom stereocenters. The van der Waals surface area contributed by atoms with Gasteiger partial charge in [0.25, 0.3) is 10.1 Å². The lowest BCUT2D eigenvalue weighted by Crippen LogP contribution is -2.22. The van der Waals surface area contributed by atoms with Crippen LogP contribution in [-0.4, -0.2) is 18.9 Å². The molecule has 0 radical (unpaired) electrons. The fraction of sp³-hybridized carbons (Fsp3) is 0.667. The van der Waals surface area contributed by atoms with Crippen molar-refractivity contribution >= 4 is 16.0 Å². The van der Waals surface area contributed by atoms with Crippen LogP contribution in [0.25, 0.3) is 0 Å². The fourth-order valence-corrected chi connectivity index (χ4v) is 3.50. The average Bonchev–Trinajstić information content (AvgIpc) is 2.64. The molecule has 0 heterocycles. The van der Waals surface area contributed by atoms with Gasteiger partial charge in [-0.1, -0.05) is 83.3 Å². The number of amides is 1. The number of rotatable bonds is 15. The van der Waals surface area contributed by atoms with Gasteiger partial charge < -0.3 is 5.32 Å². The second-order valence-electron chi connectivity index (χ2n) is 7.18. The molecule has 0 aliphatic carbocycles. The Morgan fingerprint density at radius 3 is 1.81 bits per heavy atom. The van der Waals surface area contributed by atoms with Gasteiger partial charge in [0.2, 0.25) is 5.91 Å². The van der Waals surface area contributed by atoms with Crippen molar-refractivity contribution < 1.29 is 17.8 Å². The number of carbonyl (C=O) groups excluding carboxylic acids is 1. The molecular weight excluding hydrogens is 362 g/mol. The molecule has 0 spiro atoms. The topological polar surface area (TPSA) is 83.5 Å². The molecule has 0 saturated heterocycles. The predicted octanol–water partition coefficient (Wildman–Crippen LogP) is 5.25. The van der Waals surface area contributed by atoms with Crippen LogP contribution in [-0.2, 0) is 21.5 Å². The van der Waals surface area contributed by atoms with Crippen molar-refractivity contribution in [3.63, 3.8) is 0 Å². The zero-order valence-electron chi connectivity index (χ0n) is 16.6. The fourth-order valence-electron chi connectivity index (χ4n) is 3.02. The molecule has 5 nitrogen and oxygen atoms in total. The molecule has 0 saturated carbocycles. The molecule has 0 atom stereocenters. The van der Waals surface area contributed by atoms with Crippen LogP contribution < -0.4 is 5.32 Å². The van der Waals surface area contributed by atoms with Crippen LogP contribution in [0.5, 0.6) is 0 Å². The van der Waals surface area contributed by atoms with Crippen molar-refractivity contribution in [1.82, 2.24) is 5.32 Å². The Morgan fingerprint density at radius 2 is 1.33 bits per heavy atom. The molecule has 0 fully saturated rings. The van der Waals surface area contributed by atoms with Gasteiger partial charge in [0.15, 0.2) is 0 Å². The predicted molar refractivity (Wildman–Crippen MR) is 109 cm³/mol. The van der Waals surface area contributed by atoms with E-state index in [1.165, 1.54) is 69.9 Å². The number of hydrogen-bond acceptors (Lipinski definition) is 3. The largest absolute Gasteiger partial charge is 0.352 e. The van der Waals surface area contributed by atoms with E-state index in [2.05, 4.69) is 12.2 Å². The van der Waals surface area contributed by atoms with E-state index in [4.69, 9.17) is 4.55 Å². The number of benzene rings is 1. The first-order valence-corrected chi connectivity index (χ1v) is 11.7. The highest BCUT2D eigenvalue weighted by molar-refractivity contribution is 7.85. The van der Waals surface area contributed by atoms with Crippen molar-refractivity contribution in [2.24, 2.45) is 0 Å². The molecule has 1 rings (SSSR count). The smallest absolute Gasteiger partial charge is 0.294 e. The van der Waals surface area contributed by atoms with Crippen molar-refractivity contribution in [3.05, 3.63) is 29.8 Å². The van der Waals surface area contributed by atoms with E-state index < -0.39 is 10.1 Å². The lowest BCUT2D eigenvalue weighted by molar-refractivity contribution is -0.121. The van der Waals surface area contributed by atoms with Gasteiger partial charge in [0, 0.05) is 13.0 Å². The third-order valence-electron chi connectivity index (χ3n) is 4.72. The zero-order valence-corrected chi connectivity index (χ0v) is 17.4. The molecule has 0 aromatic heterocycles. The highest BCUT2D eigenvalue weighted by atomic mass is 32.2. The second kappa shape index (κ2) is 13.7. The minimum absolute atomic E-state index is 0.0183. The van der Waals surface area contributed by atoms with E-state index in [1.54, 1.807) is 12.1 Å². The molecule has 0 aliphatic rings. The molecular formula is C21H35NO4S. The summed E-state index contributed by atoms with van der Waals surface area (Å²) in [6, 6.07) is 5.85. The maximum absolute atomic E-state index is 11.9. The van der Waals surface area contributed by atoms with E-state index >= 15 is 0 Å². The molecule has 27 heavy (non-hydrogen) atoms. The van der Waals surface area contributed by atoms with Crippen LogP contribution in [0.15, 0.2) is 29.2 Å². The SMILES string of the molecule is CCCCCCCCCCCCCC(=O)NCc1ccc(S(=O)(=O)O)cc1. The summed E-state index contributed by atoms with van der Waals surface area (Å²) in [7, 11) is -4.17. The molecule has 2 N–H and O–H groups in total. The molecule has 1 aromatic rings. The number of carbonyl (C=O) groups is 1. The van der Waals surface area contributed by atoms with Gasteiger partial charge in [0.05, 0.1) is 4.90 Å². The summed E-state index contributed by atoms with van der Waals surface area (Å²) < 4.78 is 30.9. The van der Waals surface area contributed by atoms with Gasteiger partial charge in [-0.3, -0.25) is 9.35 Å². The van der Waals surface area contributed by atoms with Gasteiger partial charge in [-0.05, 0) is 24.1 Å². The first kappa shape index (κ1) is 23.6. The summed E-state index contributed by atoms with van der Waals surface area (Å²) in [5.74, 6) is 0.0183. The Balaban J connectivity index is 2.01. The lowest BCUT2D eigenvalue weighted by atomic mass is 10.1. The van der Waals surface area contributed by atoms with Crippen LogP contribution in [0.4, 0.5) is 0 Å². The van der Waals surface area contributed by atoms with E-state index in [9.17, 15) is 13.2 Å². The van der Waals surface area contributed by atoms with E-state index in [1.807, 2.05) is 0 Å². The monoisotopic (exact) mass is 397 g/mol. The average molecular weight is 398 g/mol. The summed E-state index contributed by atoms with van der Waals surface area (Å²) in [4.78, 5) is 11.7. The first-order chi connectivity index (χ1) is 12.9. The van der Waals surface area contributed by atoms with Gasteiger partial charge >= 0.3 is 0 Å². The number of unbranched alkanes of at least 4 members (excludes halogenated alkanes) is 10. The first-order valence-electron chi connectivity index (χ1n) is 10.3. The van der Waals surface area contributed by atoms with Crippen molar-refractivity contribution in [2.75, 3.05) is 0 Å². The summed E-state index contributed by atoms with van der Waals surface area (Å²) in [5, 5.41) is 2.84. The van der Waals surface area contributed by atoms with Gasteiger partial charge in [-0.15, -0.1) is 0 Å². The normalized spacial score (nSPS) is 11.5. The summed E-state index contributed by atoms with van der Waals surface area (Å²) in [6.45, 7) is 2.60. The maximum atomic E-state index is 11.9. The van der Waals surface area contributed by atoms with E-state index in [0.29, 0.717) is 13.0 Å². The zero-order chi connectivity index (χ0) is 20.0. The van der Waals surface area contributed by atoms with Gasteiger partial charge in [-0.2, -0.15) is 8.42 Å². The molecule has 6 heteroatoms. The molecule has 1 aromatic carbocycles. The van der Waals surface area contributed by atoms with Crippen LogP contribution in [0.2, 0.25) is 0 Å². The van der Waals surface area contributed by atoms with Crippen LogP contribution in [0.3, 0.4) is 0 Å². The maximum Gasteiger partial charge on any atom is 0.294 e. The standard InChI is InChI=1S/C21H35NO4S/c1-2-3-4-5-6-7-8-9-10-11-12-13-21(23)22-18-19-14-16-20(17-15-19)27(24,25)26/h14-17H,2-13,18H2,1H3,(H,22,23)(H,24,25,26). The highest BCUT2D eigenvalue weighted by Crippen LogP contribution is 2.12. The van der Waals surface area contributed by atoms with Crippen LogP contribution >= 0.6 is 0 Å².